The molecule has 8 heteroatoms. The maximum absolute atomic E-state index is 12.5. The van der Waals surface area contributed by atoms with E-state index in [1.165, 1.54) is 0 Å². The molecular formula is C23H27N5O3. The number of hydrogen-bond donors (Lipinski definition) is 2. The summed E-state index contributed by atoms with van der Waals surface area (Å²) in [5.74, 6) is -0.375. The molecule has 0 aromatic heterocycles. The molecule has 4 amide bonds. The van der Waals surface area contributed by atoms with Crippen molar-refractivity contribution in [2.24, 2.45) is 0 Å². The van der Waals surface area contributed by atoms with Crippen LogP contribution in [-0.2, 0) is 4.79 Å². The summed E-state index contributed by atoms with van der Waals surface area (Å²) < 4.78 is 0. The van der Waals surface area contributed by atoms with Crippen LogP contribution in [0.3, 0.4) is 0 Å². The lowest BCUT2D eigenvalue weighted by atomic mass is 10.1. The molecule has 0 unspecified atom stereocenters. The molecule has 0 aliphatic carbocycles. The molecule has 2 aliphatic heterocycles. The van der Waals surface area contributed by atoms with Crippen LogP contribution in [0.4, 0.5) is 16.2 Å². The molecule has 0 atom stereocenters. The summed E-state index contributed by atoms with van der Waals surface area (Å²) in [5.41, 5.74) is 3.27. The zero-order valence-electron chi connectivity index (χ0n) is 17.6. The van der Waals surface area contributed by atoms with Gasteiger partial charge in [-0.1, -0.05) is 18.2 Å². The Morgan fingerprint density at radius 3 is 2.39 bits per heavy atom. The molecule has 0 bridgehead atoms. The highest BCUT2D eigenvalue weighted by atomic mass is 16.2. The van der Waals surface area contributed by atoms with Crippen molar-refractivity contribution in [3.8, 4) is 0 Å². The van der Waals surface area contributed by atoms with Gasteiger partial charge in [-0.05, 0) is 42.8 Å². The Kier molecular flexibility index (Phi) is 6.06. The SMILES string of the molecule is Cc1cc(C(=O)NCC(=O)N2CCN(c3ccccc3)CC2)ccc1N1CCNC1=O. The summed E-state index contributed by atoms with van der Waals surface area (Å²) in [5, 5.41) is 5.50. The number of aryl methyl sites for hydroxylation is 1. The molecule has 2 aliphatic rings. The molecule has 2 aromatic rings. The molecule has 31 heavy (non-hydrogen) atoms. The predicted octanol–water partition coefficient (Wildman–Crippen LogP) is 1.60. The number of benzene rings is 2. The minimum absolute atomic E-state index is 0.0283. The number of hydrogen-bond acceptors (Lipinski definition) is 4. The maximum atomic E-state index is 12.5. The topological polar surface area (TPSA) is 85.0 Å². The van der Waals surface area contributed by atoms with Gasteiger partial charge in [0.1, 0.15) is 0 Å². The maximum Gasteiger partial charge on any atom is 0.322 e. The Balaban J connectivity index is 1.28. The van der Waals surface area contributed by atoms with Crippen molar-refractivity contribution in [2.75, 3.05) is 55.6 Å². The first-order chi connectivity index (χ1) is 15.0. The van der Waals surface area contributed by atoms with Gasteiger partial charge in [-0.3, -0.25) is 14.5 Å². The quantitative estimate of drug-likeness (QED) is 0.768. The van der Waals surface area contributed by atoms with E-state index >= 15 is 0 Å². The third-order valence-electron chi connectivity index (χ3n) is 5.76. The highest BCUT2D eigenvalue weighted by Gasteiger charge is 2.24. The highest BCUT2D eigenvalue weighted by molar-refractivity contribution is 5.99. The lowest BCUT2D eigenvalue weighted by Crippen LogP contribution is -2.51. The first kappa shape index (κ1) is 20.7. The van der Waals surface area contributed by atoms with Crippen LogP contribution < -0.4 is 20.4 Å². The molecule has 2 fully saturated rings. The summed E-state index contributed by atoms with van der Waals surface area (Å²) in [6.45, 7) is 5.88. The van der Waals surface area contributed by atoms with E-state index in [9.17, 15) is 14.4 Å². The van der Waals surface area contributed by atoms with Gasteiger partial charge in [0.15, 0.2) is 0 Å². The average Bonchev–Trinajstić information content (AvgIpc) is 3.23. The van der Waals surface area contributed by atoms with E-state index in [2.05, 4.69) is 27.7 Å². The van der Waals surface area contributed by atoms with Gasteiger partial charge in [-0.2, -0.15) is 0 Å². The molecule has 2 heterocycles. The van der Waals surface area contributed by atoms with Crippen LogP contribution in [0.2, 0.25) is 0 Å². The number of nitrogens with one attached hydrogen (secondary N) is 2. The number of urea groups is 1. The van der Waals surface area contributed by atoms with Crippen LogP contribution in [0.15, 0.2) is 48.5 Å². The van der Waals surface area contributed by atoms with Crippen LogP contribution in [0.5, 0.6) is 0 Å². The zero-order chi connectivity index (χ0) is 21.8. The van der Waals surface area contributed by atoms with Crippen molar-refractivity contribution in [1.29, 1.82) is 0 Å². The van der Waals surface area contributed by atoms with Gasteiger partial charge in [0.05, 0.1) is 6.54 Å². The second-order valence-corrected chi connectivity index (χ2v) is 7.77. The van der Waals surface area contributed by atoms with Crippen LogP contribution in [0.1, 0.15) is 15.9 Å². The van der Waals surface area contributed by atoms with Crippen LogP contribution in [-0.4, -0.2) is 68.6 Å². The number of nitrogens with zero attached hydrogens (tertiary/aromatic N) is 3. The van der Waals surface area contributed by atoms with E-state index < -0.39 is 0 Å². The lowest BCUT2D eigenvalue weighted by molar-refractivity contribution is -0.130. The van der Waals surface area contributed by atoms with Crippen molar-refractivity contribution in [2.45, 2.75) is 6.92 Å². The Morgan fingerprint density at radius 2 is 1.74 bits per heavy atom. The number of amides is 4. The number of carbonyl (C=O) groups is 3. The largest absolute Gasteiger partial charge is 0.368 e. The molecule has 4 rings (SSSR count). The molecule has 162 valence electrons. The van der Waals surface area contributed by atoms with E-state index in [1.807, 2.05) is 25.1 Å². The van der Waals surface area contributed by atoms with Crippen LogP contribution in [0, 0.1) is 6.92 Å². The first-order valence-corrected chi connectivity index (χ1v) is 10.5. The molecule has 2 saturated heterocycles. The van der Waals surface area contributed by atoms with Crippen molar-refractivity contribution in [3.63, 3.8) is 0 Å². The van der Waals surface area contributed by atoms with Gasteiger partial charge < -0.3 is 20.4 Å². The number of rotatable bonds is 5. The summed E-state index contributed by atoms with van der Waals surface area (Å²) >= 11 is 0. The monoisotopic (exact) mass is 421 g/mol. The van der Waals surface area contributed by atoms with E-state index in [-0.39, 0.29) is 24.4 Å². The molecule has 0 saturated carbocycles. The van der Waals surface area contributed by atoms with Gasteiger partial charge >= 0.3 is 6.03 Å². The van der Waals surface area contributed by atoms with Gasteiger partial charge in [0, 0.05) is 56.2 Å². The van der Waals surface area contributed by atoms with Crippen molar-refractivity contribution < 1.29 is 14.4 Å². The van der Waals surface area contributed by atoms with Gasteiger partial charge in [-0.15, -0.1) is 0 Å². The van der Waals surface area contributed by atoms with Gasteiger partial charge in [0.25, 0.3) is 5.91 Å². The molecule has 2 N–H and O–H groups in total. The average molecular weight is 422 g/mol. The van der Waals surface area contributed by atoms with Crippen molar-refractivity contribution >= 4 is 29.2 Å². The third-order valence-corrected chi connectivity index (χ3v) is 5.76. The third kappa shape index (κ3) is 4.63. The Hall–Kier alpha value is -3.55. The van der Waals surface area contributed by atoms with Gasteiger partial charge in [0.2, 0.25) is 5.91 Å². The fraction of sp³-hybridized carbons (Fsp3) is 0.348. The normalized spacial score (nSPS) is 16.3. The van der Waals surface area contributed by atoms with Crippen molar-refractivity contribution in [1.82, 2.24) is 15.5 Å². The van der Waals surface area contributed by atoms with E-state index in [1.54, 1.807) is 28.0 Å². The zero-order valence-corrected chi connectivity index (χ0v) is 17.6. The van der Waals surface area contributed by atoms with E-state index in [0.717, 1.165) is 30.0 Å². The van der Waals surface area contributed by atoms with E-state index in [0.29, 0.717) is 31.7 Å². The molecule has 2 aromatic carbocycles. The van der Waals surface area contributed by atoms with Gasteiger partial charge in [-0.25, -0.2) is 4.79 Å². The summed E-state index contributed by atoms with van der Waals surface area (Å²) in [4.78, 5) is 42.7. The Bertz CT molecular complexity index is 970. The van der Waals surface area contributed by atoms with E-state index in [4.69, 9.17) is 0 Å². The molecule has 0 radical (unpaired) electrons. The first-order valence-electron chi connectivity index (χ1n) is 10.5. The van der Waals surface area contributed by atoms with Crippen LogP contribution in [0.25, 0.3) is 0 Å². The number of para-hydroxylation sites is 1. The highest BCUT2D eigenvalue weighted by Crippen LogP contribution is 2.23. The molecular weight excluding hydrogens is 394 g/mol. The molecule has 0 spiro atoms. The minimum Gasteiger partial charge on any atom is -0.368 e. The lowest BCUT2D eigenvalue weighted by Gasteiger charge is -2.36. The molecule has 8 nitrogen and oxygen atoms in total. The number of piperazine rings is 1. The fourth-order valence-corrected chi connectivity index (χ4v) is 4.02. The predicted molar refractivity (Wildman–Crippen MR) is 119 cm³/mol. The second-order valence-electron chi connectivity index (χ2n) is 7.77. The summed E-state index contributed by atoms with van der Waals surface area (Å²) in [6, 6.07) is 15.2. The number of carbonyl (C=O) groups excluding carboxylic acids is 3. The smallest absolute Gasteiger partial charge is 0.322 e. The Morgan fingerprint density at radius 1 is 1.00 bits per heavy atom. The minimum atomic E-state index is -0.295. The summed E-state index contributed by atoms with van der Waals surface area (Å²) in [7, 11) is 0. The Labute approximate surface area is 181 Å². The standard InChI is InChI=1S/C23H27N5O3/c1-17-15-18(7-8-20(17)28-10-9-24-23(28)31)22(30)25-16-21(29)27-13-11-26(12-14-27)19-5-3-2-4-6-19/h2-8,15H,9-14,16H2,1H3,(H,24,31)(H,25,30). The summed E-state index contributed by atoms with van der Waals surface area (Å²) in [6.07, 6.45) is 0. The number of anilines is 2. The fourth-order valence-electron chi connectivity index (χ4n) is 4.02. The second kappa shape index (κ2) is 9.07. The van der Waals surface area contributed by atoms with Crippen LogP contribution >= 0.6 is 0 Å². The van der Waals surface area contributed by atoms with Crippen molar-refractivity contribution in [3.05, 3.63) is 59.7 Å².